The maximum Gasteiger partial charge on any atom is 0.255 e. The van der Waals surface area contributed by atoms with Crippen LogP contribution < -0.4 is 5.32 Å². The number of aromatic hydroxyl groups is 1. The fourth-order valence-corrected chi connectivity index (χ4v) is 1.80. The molecule has 98 valence electrons. The van der Waals surface area contributed by atoms with Crippen molar-refractivity contribution in [3.8, 4) is 5.75 Å². The number of amides is 1. The molecule has 1 amide bonds. The number of carbonyl (C=O) groups excluding carboxylic acids is 1. The van der Waals surface area contributed by atoms with Crippen molar-refractivity contribution in [1.29, 1.82) is 0 Å². The number of carbonyl (C=O) groups is 1. The number of halogens is 1. The number of rotatable bonds is 2. The van der Waals surface area contributed by atoms with Gasteiger partial charge in [-0.2, -0.15) is 0 Å². The van der Waals surface area contributed by atoms with Crippen LogP contribution in [0.1, 0.15) is 21.5 Å². The van der Waals surface area contributed by atoms with Gasteiger partial charge in [-0.3, -0.25) is 4.79 Å². The lowest BCUT2D eigenvalue weighted by molar-refractivity contribution is 0.102. The number of nitrogens with one attached hydrogen (secondary N) is 1. The van der Waals surface area contributed by atoms with Crippen LogP contribution in [0, 0.1) is 19.7 Å². The molecule has 0 saturated heterocycles. The summed E-state index contributed by atoms with van der Waals surface area (Å²) < 4.78 is 13.2. The number of benzene rings is 2. The van der Waals surface area contributed by atoms with E-state index < -0.39 is 5.82 Å². The lowest BCUT2D eigenvalue weighted by atomic mass is 10.1. The molecule has 2 aromatic carbocycles. The summed E-state index contributed by atoms with van der Waals surface area (Å²) in [6.07, 6.45) is 0. The van der Waals surface area contributed by atoms with E-state index in [9.17, 15) is 14.3 Å². The van der Waals surface area contributed by atoms with Crippen LogP contribution in [0.25, 0.3) is 0 Å². The first-order valence-electron chi connectivity index (χ1n) is 5.84. The van der Waals surface area contributed by atoms with Gasteiger partial charge in [0.1, 0.15) is 11.6 Å². The predicted molar refractivity (Wildman–Crippen MR) is 71.9 cm³/mol. The van der Waals surface area contributed by atoms with Crippen LogP contribution in [0.2, 0.25) is 0 Å². The summed E-state index contributed by atoms with van der Waals surface area (Å²) in [5, 5.41) is 12.1. The molecule has 0 fully saturated rings. The van der Waals surface area contributed by atoms with Crippen molar-refractivity contribution in [3.63, 3.8) is 0 Å². The Labute approximate surface area is 110 Å². The Kier molecular flexibility index (Phi) is 3.51. The van der Waals surface area contributed by atoms with Crippen LogP contribution in [0.5, 0.6) is 5.75 Å². The van der Waals surface area contributed by atoms with Crippen molar-refractivity contribution in [2.24, 2.45) is 0 Å². The molecule has 3 nitrogen and oxygen atoms in total. The molecular formula is C15H14FNO2. The second-order valence-corrected chi connectivity index (χ2v) is 4.47. The molecule has 19 heavy (non-hydrogen) atoms. The Hall–Kier alpha value is -2.36. The average molecular weight is 259 g/mol. The second-order valence-electron chi connectivity index (χ2n) is 4.47. The number of hydrogen-bond acceptors (Lipinski definition) is 2. The van der Waals surface area contributed by atoms with Gasteiger partial charge in [-0.25, -0.2) is 4.39 Å². The van der Waals surface area contributed by atoms with Gasteiger partial charge in [0.25, 0.3) is 5.91 Å². The van der Waals surface area contributed by atoms with Gasteiger partial charge in [0.05, 0.1) is 0 Å². The van der Waals surface area contributed by atoms with Gasteiger partial charge in [-0.05, 0) is 61.4 Å². The van der Waals surface area contributed by atoms with E-state index >= 15 is 0 Å². The van der Waals surface area contributed by atoms with Gasteiger partial charge in [-0.15, -0.1) is 0 Å². The van der Waals surface area contributed by atoms with E-state index in [1.165, 1.54) is 18.2 Å². The maximum atomic E-state index is 13.2. The Morgan fingerprint density at radius 2 is 1.89 bits per heavy atom. The lowest BCUT2D eigenvalue weighted by Crippen LogP contribution is -2.12. The first-order chi connectivity index (χ1) is 8.95. The highest BCUT2D eigenvalue weighted by molar-refractivity contribution is 6.04. The van der Waals surface area contributed by atoms with E-state index in [4.69, 9.17) is 0 Å². The molecule has 0 heterocycles. The molecule has 0 bridgehead atoms. The summed E-state index contributed by atoms with van der Waals surface area (Å²) in [4.78, 5) is 12.0. The number of phenols is 1. The second kappa shape index (κ2) is 5.10. The van der Waals surface area contributed by atoms with Crippen LogP contribution in [-0.2, 0) is 0 Å². The summed E-state index contributed by atoms with van der Waals surface area (Å²) in [5.74, 6) is -0.653. The highest BCUT2D eigenvalue weighted by Gasteiger charge is 2.09. The average Bonchev–Trinajstić information content (AvgIpc) is 2.32. The molecule has 0 aliphatic carbocycles. The Balaban J connectivity index is 2.22. The molecule has 0 aliphatic rings. The van der Waals surface area contributed by atoms with Crippen molar-refractivity contribution in [3.05, 3.63) is 58.9 Å². The first kappa shape index (κ1) is 13.1. The number of phenolic OH excluding ortho intramolecular Hbond substituents is 1. The predicted octanol–water partition coefficient (Wildman–Crippen LogP) is 3.40. The summed E-state index contributed by atoms with van der Waals surface area (Å²) in [5.41, 5.74) is 2.17. The van der Waals surface area contributed by atoms with Crippen LogP contribution in [0.3, 0.4) is 0 Å². The maximum absolute atomic E-state index is 13.2. The van der Waals surface area contributed by atoms with Crippen LogP contribution in [-0.4, -0.2) is 11.0 Å². The van der Waals surface area contributed by atoms with E-state index in [0.717, 1.165) is 0 Å². The fraction of sp³-hybridized carbons (Fsp3) is 0.133. The molecule has 2 rings (SSSR count). The zero-order valence-corrected chi connectivity index (χ0v) is 10.7. The van der Waals surface area contributed by atoms with Crippen LogP contribution >= 0.6 is 0 Å². The minimum Gasteiger partial charge on any atom is -0.508 e. The summed E-state index contributed by atoms with van der Waals surface area (Å²) >= 11 is 0. The molecule has 2 N–H and O–H groups in total. The van der Waals surface area contributed by atoms with E-state index in [2.05, 4.69) is 5.32 Å². The zero-order chi connectivity index (χ0) is 14.0. The van der Waals surface area contributed by atoms with Gasteiger partial charge < -0.3 is 10.4 Å². The number of hydrogen-bond donors (Lipinski definition) is 2. The molecule has 0 radical (unpaired) electrons. The number of anilines is 1. The fourth-order valence-electron chi connectivity index (χ4n) is 1.80. The van der Waals surface area contributed by atoms with E-state index in [0.29, 0.717) is 16.8 Å². The van der Waals surface area contributed by atoms with Gasteiger partial charge in [-0.1, -0.05) is 0 Å². The monoisotopic (exact) mass is 259 g/mol. The van der Waals surface area contributed by atoms with E-state index in [1.54, 1.807) is 32.0 Å². The van der Waals surface area contributed by atoms with Gasteiger partial charge in [0.15, 0.2) is 0 Å². The quantitative estimate of drug-likeness (QED) is 0.812. The third kappa shape index (κ3) is 3.10. The van der Waals surface area contributed by atoms with Crippen molar-refractivity contribution >= 4 is 11.6 Å². The highest BCUT2D eigenvalue weighted by Crippen LogP contribution is 2.20. The molecular weight excluding hydrogens is 245 g/mol. The molecule has 0 saturated carbocycles. The van der Waals surface area contributed by atoms with Gasteiger partial charge in [0.2, 0.25) is 0 Å². The number of aryl methyl sites for hydroxylation is 2. The molecule has 0 unspecified atom stereocenters. The molecule has 0 aliphatic heterocycles. The Morgan fingerprint density at radius 1 is 1.16 bits per heavy atom. The molecule has 0 spiro atoms. The van der Waals surface area contributed by atoms with Crippen LogP contribution in [0.15, 0.2) is 36.4 Å². The highest BCUT2D eigenvalue weighted by atomic mass is 19.1. The summed E-state index contributed by atoms with van der Waals surface area (Å²) in [7, 11) is 0. The Bertz CT molecular complexity index is 618. The smallest absolute Gasteiger partial charge is 0.255 e. The Morgan fingerprint density at radius 3 is 2.53 bits per heavy atom. The van der Waals surface area contributed by atoms with Gasteiger partial charge in [0, 0.05) is 11.3 Å². The SMILES string of the molecule is Cc1cc(F)cc(C(=O)Nc2ccc(O)c(C)c2)c1. The normalized spacial score (nSPS) is 10.3. The standard InChI is InChI=1S/C15H14FNO2/c1-9-5-11(8-12(16)6-9)15(19)17-13-3-4-14(18)10(2)7-13/h3-8,18H,1-2H3,(H,17,19). The molecule has 2 aromatic rings. The molecule has 4 heteroatoms. The minimum absolute atomic E-state index is 0.166. The third-order valence-corrected chi connectivity index (χ3v) is 2.76. The molecule has 0 atom stereocenters. The van der Waals surface area contributed by atoms with Gasteiger partial charge >= 0.3 is 0 Å². The van der Waals surface area contributed by atoms with Crippen molar-refractivity contribution in [2.45, 2.75) is 13.8 Å². The van der Waals surface area contributed by atoms with Crippen LogP contribution in [0.4, 0.5) is 10.1 Å². The minimum atomic E-state index is -0.438. The first-order valence-corrected chi connectivity index (χ1v) is 5.84. The van der Waals surface area contributed by atoms with Crippen molar-refractivity contribution in [2.75, 3.05) is 5.32 Å². The summed E-state index contributed by atoms with van der Waals surface area (Å²) in [6.45, 7) is 3.46. The van der Waals surface area contributed by atoms with Crippen molar-refractivity contribution in [1.82, 2.24) is 0 Å². The van der Waals surface area contributed by atoms with E-state index in [1.807, 2.05) is 0 Å². The third-order valence-electron chi connectivity index (χ3n) is 2.76. The molecule has 0 aromatic heterocycles. The van der Waals surface area contributed by atoms with Crippen molar-refractivity contribution < 1.29 is 14.3 Å². The summed E-state index contributed by atoms with van der Waals surface area (Å²) in [6, 6.07) is 8.91. The largest absolute Gasteiger partial charge is 0.508 e. The van der Waals surface area contributed by atoms with E-state index in [-0.39, 0.29) is 17.2 Å². The zero-order valence-electron chi connectivity index (χ0n) is 10.7. The lowest BCUT2D eigenvalue weighted by Gasteiger charge is -2.08. The topological polar surface area (TPSA) is 49.3 Å².